The van der Waals surface area contributed by atoms with E-state index in [2.05, 4.69) is 16.3 Å². The normalized spacial score (nSPS) is 13.8. The Morgan fingerprint density at radius 3 is 2.73 bits per heavy atom. The van der Waals surface area contributed by atoms with Crippen LogP contribution in [0.1, 0.15) is 37.6 Å². The number of rotatable bonds is 4. The van der Waals surface area contributed by atoms with Gasteiger partial charge in [0.15, 0.2) is 0 Å². The molecule has 1 amide bonds. The summed E-state index contributed by atoms with van der Waals surface area (Å²) in [5.41, 5.74) is 4.00. The van der Waals surface area contributed by atoms with Gasteiger partial charge < -0.3 is 13.9 Å². The molecule has 0 radical (unpaired) electrons. The average molecular weight is 400 g/mol. The highest BCUT2D eigenvalue weighted by molar-refractivity contribution is 5.96. The van der Waals surface area contributed by atoms with Crippen LogP contribution in [0.2, 0.25) is 0 Å². The molecule has 0 aliphatic carbocycles. The van der Waals surface area contributed by atoms with Gasteiger partial charge in [0.05, 0.1) is 0 Å². The zero-order valence-corrected chi connectivity index (χ0v) is 17.2. The van der Waals surface area contributed by atoms with Crippen molar-refractivity contribution in [3.63, 3.8) is 0 Å². The number of nitrogens with zero attached hydrogens (tertiary/aromatic N) is 4. The number of amides is 1. The zero-order chi connectivity index (χ0) is 20.7. The van der Waals surface area contributed by atoms with E-state index < -0.39 is 0 Å². The lowest BCUT2D eigenvalue weighted by molar-refractivity contribution is -0.119. The number of aromatic nitrogens is 3. The van der Waals surface area contributed by atoms with E-state index in [9.17, 15) is 4.79 Å². The summed E-state index contributed by atoms with van der Waals surface area (Å²) >= 11 is 0. The molecule has 0 saturated heterocycles. The van der Waals surface area contributed by atoms with Crippen LogP contribution >= 0.6 is 0 Å². The van der Waals surface area contributed by atoms with Crippen molar-refractivity contribution in [2.45, 2.75) is 39.2 Å². The number of fused-ring (bicyclic) bond motifs is 2. The van der Waals surface area contributed by atoms with Gasteiger partial charge in [0.2, 0.25) is 11.8 Å². The predicted octanol–water partition coefficient (Wildman–Crippen LogP) is 4.79. The Morgan fingerprint density at radius 2 is 1.90 bits per heavy atom. The van der Waals surface area contributed by atoms with Gasteiger partial charge in [0.25, 0.3) is 5.89 Å². The summed E-state index contributed by atoms with van der Waals surface area (Å²) < 4.78 is 7.91. The topological polar surface area (TPSA) is 64.2 Å². The van der Waals surface area contributed by atoms with Crippen molar-refractivity contribution in [1.82, 2.24) is 14.8 Å². The van der Waals surface area contributed by atoms with Gasteiger partial charge in [-0.25, -0.2) is 0 Å². The minimum Gasteiger partial charge on any atom is -0.419 e. The van der Waals surface area contributed by atoms with E-state index in [0.717, 1.165) is 41.7 Å². The van der Waals surface area contributed by atoms with E-state index in [4.69, 9.17) is 4.42 Å². The third-order valence-corrected chi connectivity index (χ3v) is 5.67. The number of hydrogen-bond acceptors (Lipinski definition) is 4. The summed E-state index contributed by atoms with van der Waals surface area (Å²) in [4.78, 5) is 15.3. The van der Waals surface area contributed by atoms with Crippen LogP contribution in [0.5, 0.6) is 0 Å². The predicted molar refractivity (Wildman–Crippen MR) is 116 cm³/mol. The molecule has 6 nitrogen and oxygen atoms in total. The highest BCUT2D eigenvalue weighted by Gasteiger charge is 2.25. The summed E-state index contributed by atoms with van der Waals surface area (Å²) in [7, 11) is 0. The molecule has 6 heteroatoms. The maximum atomic E-state index is 13.4. The molecule has 1 aliphatic heterocycles. The molecule has 0 fully saturated rings. The molecule has 0 unspecified atom stereocenters. The van der Waals surface area contributed by atoms with Crippen molar-refractivity contribution in [3.8, 4) is 11.6 Å². The van der Waals surface area contributed by atoms with Crippen LogP contribution in [0.15, 0.2) is 59.0 Å². The van der Waals surface area contributed by atoms with Crippen LogP contribution in [0, 0.1) is 0 Å². The second kappa shape index (κ2) is 7.44. The Bertz CT molecular complexity index is 1220. The van der Waals surface area contributed by atoms with Gasteiger partial charge in [-0.15, -0.1) is 10.2 Å². The number of benzene rings is 2. The zero-order valence-electron chi connectivity index (χ0n) is 17.2. The third kappa shape index (κ3) is 3.18. The first-order valence-corrected chi connectivity index (χ1v) is 10.4. The second-order valence-corrected chi connectivity index (χ2v) is 8.05. The molecule has 1 aliphatic rings. The fourth-order valence-electron chi connectivity index (χ4n) is 4.14. The van der Waals surface area contributed by atoms with Gasteiger partial charge >= 0.3 is 0 Å². The van der Waals surface area contributed by atoms with Crippen LogP contribution in [0.25, 0.3) is 22.5 Å². The van der Waals surface area contributed by atoms with E-state index in [1.807, 2.05) is 71.8 Å². The Hall–Kier alpha value is -3.41. The Kier molecular flexibility index (Phi) is 4.62. The highest BCUT2D eigenvalue weighted by atomic mass is 16.4. The van der Waals surface area contributed by atoms with Crippen molar-refractivity contribution in [3.05, 3.63) is 66.1 Å². The standard InChI is InChI=1S/C24H24N4O2/c1-16(2)23-25-26-24(30-23)21-14-18-9-4-6-12-20(18)28(21)15-22(29)27-13-7-10-17-8-3-5-11-19(17)27/h3-6,8-9,11-12,14,16H,7,10,13,15H2,1-2H3. The molecule has 0 bridgehead atoms. The van der Waals surface area contributed by atoms with Gasteiger partial charge in [-0.2, -0.15) is 0 Å². The number of carbonyl (C=O) groups is 1. The fraction of sp³-hybridized carbons (Fsp3) is 0.292. The second-order valence-electron chi connectivity index (χ2n) is 8.05. The van der Waals surface area contributed by atoms with Crippen LogP contribution < -0.4 is 4.90 Å². The molecular weight excluding hydrogens is 376 g/mol. The van der Waals surface area contributed by atoms with Crippen molar-refractivity contribution >= 4 is 22.5 Å². The van der Waals surface area contributed by atoms with E-state index in [0.29, 0.717) is 11.8 Å². The largest absolute Gasteiger partial charge is 0.419 e. The smallest absolute Gasteiger partial charge is 0.264 e. The van der Waals surface area contributed by atoms with Gasteiger partial charge in [-0.05, 0) is 36.6 Å². The first-order chi connectivity index (χ1) is 14.6. The van der Waals surface area contributed by atoms with Crippen molar-refractivity contribution in [2.24, 2.45) is 0 Å². The lowest BCUT2D eigenvalue weighted by Gasteiger charge is -2.29. The van der Waals surface area contributed by atoms with Crippen LogP contribution in [0.3, 0.4) is 0 Å². The number of carbonyl (C=O) groups excluding carboxylic acids is 1. The highest BCUT2D eigenvalue weighted by Crippen LogP contribution is 2.31. The number of anilines is 1. The number of hydrogen-bond donors (Lipinski definition) is 0. The Balaban J connectivity index is 1.55. The monoisotopic (exact) mass is 400 g/mol. The van der Waals surface area contributed by atoms with E-state index >= 15 is 0 Å². The number of para-hydroxylation sites is 2. The lowest BCUT2D eigenvalue weighted by Crippen LogP contribution is -2.37. The van der Waals surface area contributed by atoms with Crippen LogP contribution in [0.4, 0.5) is 5.69 Å². The third-order valence-electron chi connectivity index (χ3n) is 5.67. The molecule has 0 N–H and O–H groups in total. The van der Waals surface area contributed by atoms with E-state index in [-0.39, 0.29) is 18.4 Å². The SMILES string of the molecule is CC(C)c1nnc(-c2cc3ccccc3n2CC(=O)N2CCCc3ccccc32)o1. The first kappa shape index (κ1) is 18.6. The Labute approximate surface area is 175 Å². The van der Waals surface area contributed by atoms with E-state index in [1.165, 1.54) is 5.56 Å². The molecule has 0 saturated carbocycles. The first-order valence-electron chi connectivity index (χ1n) is 10.4. The van der Waals surface area contributed by atoms with Crippen molar-refractivity contribution in [2.75, 3.05) is 11.4 Å². The van der Waals surface area contributed by atoms with Gasteiger partial charge in [0.1, 0.15) is 12.2 Å². The van der Waals surface area contributed by atoms with E-state index in [1.54, 1.807) is 0 Å². The van der Waals surface area contributed by atoms with Crippen LogP contribution in [-0.4, -0.2) is 27.2 Å². The summed E-state index contributed by atoms with van der Waals surface area (Å²) in [6.07, 6.45) is 1.99. The molecule has 0 spiro atoms. The van der Waals surface area contributed by atoms with Gasteiger partial charge in [0, 0.05) is 29.1 Å². The molecular formula is C24H24N4O2. The minimum absolute atomic E-state index is 0.0633. The summed E-state index contributed by atoms with van der Waals surface area (Å²) in [6.45, 7) is 4.99. The molecule has 2 aromatic carbocycles. The maximum absolute atomic E-state index is 13.4. The minimum atomic E-state index is 0.0633. The fourth-order valence-corrected chi connectivity index (χ4v) is 4.14. The lowest BCUT2D eigenvalue weighted by atomic mass is 10.0. The summed E-state index contributed by atoms with van der Waals surface area (Å²) in [5, 5.41) is 9.48. The number of aryl methyl sites for hydroxylation is 1. The van der Waals surface area contributed by atoms with Crippen molar-refractivity contribution < 1.29 is 9.21 Å². The quantitative estimate of drug-likeness (QED) is 0.494. The Morgan fingerprint density at radius 1 is 1.10 bits per heavy atom. The molecule has 0 atom stereocenters. The average Bonchev–Trinajstić information content (AvgIpc) is 3.39. The summed E-state index contributed by atoms with van der Waals surface area (Å²) in [6, 6.07) is 18.2. The van der Waals surface area contributed by atoms with Crippen molar-refractivity contribution in [1.29, 1.82) is 0 Å². The molecule has 2 aromatic heterocycles. The molecule has 3 heterocycles. The molecule has 5 rings (SSSR count). The molecule has 30 heavy (non-hydrogen) atoms. The van der Waals surface area contributed by atoms with Gasteiger partial charge in [-0.3, -0.25) is 4.79 Å². The maximum Gasteiger partial charge on any atom is 0.264 e. The molecule has 4 aromatic rings. The van der Waals surface area contributed by atoms with Gasteiger partial charge in [-0.1, -0.05) is 50.2 Å². The summed E-state index contributed by atoms with van der Waals surface area (Å²) in [5.74, 6) is 1.25. The molecule has 152 valence electrons. The van der Waals surface area contributed by atoms with Crippen LogP contribution in [-0.2, 0) is 17.8 Å².